The molecule has 0 saturated carbocycles. The third kappa shape index (κ3) is 10.1. The molecule has 8 N–H and O–H groups in total. The summed E-state index contributed by atoms with van der Waals surface area (Å²) < 4.78 is 0.963. The lowest BCUT2D eigenvalue weighted by Gasteiger charge is -2.37. The first-order valence-electron chi connectivity index (χ1n) is 14.4. The van der Waals surface area contributed by atoms with Gasteiger partial charge in [-0.05, 0) is 54.5 Å². The highest BCUT2D eigenvalue weighted by Crippen LogP contribution is 2.27. The number of fused-ring (bicyclic) bond motifs is 1. The second kappa shape index (κ2) is 16.7. The minimum absolute atomic E-state index is 0.0383. The molecule has 6 amide bonds. The molecule has 3 rings (SSSR count). The largest absolute Gasteiger partial charge is 0.481 e. The minimum atomic E-state index is -1.23. The number of likely N-dealkylation sites (tertiary alicyclic amines) is 1. The molecular formula is C29H37ClN6O8S. The molecule has 1 aliphatic heterocycles. The highest BCUT2D eigenvalue weighted by atomic mass is 35.5. The zero-order valence-electron chi connectivity index (χ0n) is 24.5. The van der Waals surface area contributed by atoms with E-state index in [0.29, 0.717) is 12.8 Å². The third-order valence-corrected chi connectivity index (χ3v) is 8.70. The monoisotopic (exact) mass is 664 g/mol. The number of alkyl halides is 1. The number of carboxylic acid groups (broad SMARTS) is 1. The molecular weight excluding hydrogens is 628 g/mol. The van der Waals surface area contributed by atoms with Crippen molar-refractivity contribution >= 4 is 74.4 Å². The third-order valence-electron chi connectivity index (χ3n) is 7.45. The first kappa shape index (κ1) is 35.2. The Kier molecular flexibility index (Phi) is 13.1. The normalized spacial score (nSPS) is 16.6. The van der Waals surface area contributed by atoms with E-state index in [-0.39, 0.29) is 38.6 Å². The Hall–Kier alpha value is -4.24. The maximum Gasteiger partial charge on any atom is 0.303 e. The number of carbonyl (C=O) groups is 7. The van der Waals surface area contributed by atoms with Crippen LogP contribution < -0.4 is 27.4 Å². The molecule has 1 aliphatic rings. The van der Waals surface area contributed by atoms with Crippen LogP contribution in [0.4, 0.5) is 0 Å². The van der Waals surface area contributed by atoms with Crippen molar-refractivity contribution in [2.45, 2.75) is 75.5 Å². The molecule has 0 spiro atoms. The van der Waals surface area contributed by atoms with Gasteiger partial charge in [-0.2, -0.15) is 0 Å². The molecule has 1 saturated heterocycles. The fourth-order valence-electron chi connectivity index (χ4n) is 5.16. The van der Waals surface area contributed by atoms with Crippen LogP contribution in [0.15, 0.2) is 29.6 Å². The van der Waals surface area contributed by atoms with Crippen molar-refractivity contribution in [2.75, 3.05) is 12.4 Å². The Morgan fingerprint density at radius 1 is 0.956 bits per heavy atom. The second-order valence-corrected chi connectivity index (χ2v) is 11.9. The van der Waals surface area contributed by atoms with Gasteiger partial charge in [-0.3, -0.25) is 33.6 Å². The van der Waals surface area contributed by atoms with E-state index >= 15 is 0 Å². The van der Waals surface area contributed by atoms with Crippen LogP contribution in [0.1, 0.15) is 50.5 Å². The highest BCUT2D eigenvalue weighted by Gasteiger charge is 2.38. The van der Waals surface area contributed by atoms with Crippen LogP contribution in [0.25, 0.3) is 10.1 Å². The Bertz CT molecular complexity index is 1430. The van der Waals surface area contributed by atoms with Gasteiger partial charge in [-0.25, -0.2) is 0 Å². The van der Waals surface area contributed by atoms with Crippen LogP contribution in [0.3, 0.4) is 0 Å². The highest BCUT2D eigenvalue weighted by molar-refractivity contribution is 7.17. The van der Waals surface area contributed by atoms with Crippen LogP contribution in [-0.4, -0.2) is 88.0 Å². The smallest absolute Gasteiger partial charge is 0.303 e. The number of hydrogen-bond acceptors (Lipinski definition) is 8. The lowest BCUT2D eigenvalue weighted by molar-refractivity contribution is -0.146. The maximum atomic E-state index is 13.8. The average molecular weight is 665 g/mol. The summed E-state index contributed by atoms with van der Waals surface area (Å²) in [6.45, 7) is 0.167. The molecule has 0 aliphatic carbocycles. The van der Waals surface area contributed by atoms with Crippen molar-refractivity contribution in [1.82, 2.24) is 20.9 Å². The van der Waals surface area contributed by atoms with E-state index < -0.39 is 77.9 Å². The molecule has 4 atom stereocenters. The van der Waals surface area contributed by atoms with E-state index in [1.165, 1.54) is 16.2 Å². The van der Waals surface area contributed by atoms with E-state index in [9.17, 15) is 33.6 Å². The van der Waals surface area contributed by atoms with Crippen molar-refractivity contribution in [1.29, 1.82) is 0 Å². The lowest BCUT2D eigenvalue weighted by Crippen LogP contribution is -2.60. The summed E-state index contributed by atoms with van der Waals surface area (Å²) in [5, 5.41) is 19.6. The number of carboxylic acids is 1. The number of hydrogen-bond donors (Lipinski definition) is 6. The summed E-state index contributed by atoms with van der Waals surface area (Å²) in [6.07, 6.45) is 0.502. The molecule has 0 radical (unpaired) electrons. The van der Waals surface area contributed by atoms with Gasteiger partial charge in [0.15, 0.2) is 0 Å². The van der Waals surface area contributed by atoms with Gasteiger partial charge in [0.25, 0.3) is 0 Å². The fraction of sp³-hybridized carbons (Fsp3) is 0.483. The zero-order valence-corrected chi connectivity index (χ0v) is 26.0. The Balaban J connectivity index is 1.87. The van der Waals surface area contributed by atoms with Gasteiger partial charge < -0.3 is 37.4 Å². The van der Waals surface area contributed by atoms with Crippen molar-refractivity contribution in [3.8, 4) is 0 Å². The van der Waals surface area contributed by atoms with Crippen LogP contribution in [0.5, 0.6) is 0 Å². The first-order valence-corrected chi connectivity index (χ1v) is 15.8. The molecule has 2 heterocycles. The summed E-state index contributed by atoms with van der Waals surface area (Å²) in [4.78, 5) is 88.8. The number of halogens is 1. The van der Waals surface area contributed by atoms with Crippen LogP contribution in [0, 0.1) is 0 Å². The van der Waals surface area contributed by atoms with Gasteiger partial charge in [0.2, 0.25) is 35.4 Å². The van der Waals surface area contributed by atoms with Crippen molar-refractivity contribution in [3.63, 3.8) is 0 Å². The molecule has 0 bridgehead atoms. The predicted octanol–water partition coefficient (Wildman–Crippen LogP) is 0.134. The van der Waals surface area contributed by atoms with Gasteiger partial charge in [-0.1, -0.05) is 18.2 Å². The predicted molar refractivity (Wildman–Crippen MR) is 166 cm³/mol. The van der Waals surface area contributed by atoms with Gasteiger partial charge >= 0.3 is 5.97 Å². The Morgan fingerprint density at radius 2 is 1.67 bits per heavy atom. The Morgan fingerprint density at radius 3 is 2.33 bits per heavy atom. The standard InChI is InChI=1S/C29H37ClN6O8S/c30-14-24(38)33-19(9-11-25(39)40)29(44)36-12-4-3-6-21(36)28(43)35-20(13-16-15-45-22-7-2-1-5-17(16)22)27(42)34-18(26(32)41)8-10-23(31)37/h1-2,5,7,15,18-21H,3-4,6,8-14H2,(H2,31,37)(H2,32,41)(H,33,38)(H,34,42)(H,35,43)(H,39,40)/t18-,19-,20?,21-/m0/s1. The molecule has 1 fully saturated rings. The van der Waals surface area contributed by atoms with E-state index in [0.717, 1.165) is 15.6 Å². The number of amides is 6. The Labute approximate surface area is 268 Å². The summed E-state index contributed by atoms with van der Waals surface area (Å²) in [5.41, 5.74) is 11.4. The molecule has 2 aromatic rings. The number of nitrogens with one attached hydrogen (secondary N) is 3. The molecule has 1 aromatic heterocycles. The molecule has 244 valence electrons. The molecule has 45 heavy (non-hydrogen) atoms. The number of nitrogens with two attached hydrogens (primary N) is 2. The van der Waals surface area contributed by atoms with Crippen molar-refractivity contribution in [2.24, 2.45) is 11.5 Å². The number of nitrogens with zero attached hydrogens (tertiary/aromatic N) is 1. The average Bonchev–Trinajstić information content (AvgIpc) is 3.42. The summed E-state index contributed by atoms with van der Waals surface area (Å²) in [5.74, 6) is -5.85. The van der Waals surface area contributed by atoms with Crippen LogP contribution in [-0.2, 0) is 40.0 Å². The fourth-order valence-corrected chi connectivity index (χ4v) is 6.21. The molecule has 14 nitrogen and oxygen atoms in total. The molecule has 16 heteroatoms. The summed E-state index contributed by atoms with van der Waals surface area (Å²) in [7, 11) is 0. The van der Waals surface area contributed by atoms with Crippen LogP contribution in [0.2, 0.25) is 0 Å². The number of piperidine rings is 1. The van der Waals surface area contributed by atoms with Crippen LogP contribution >= 0.6 is 22.9 Å². The lowest BCUT2D eigenvalue weighted by atomic mass is 9.97. The van der Waals surface area contributed by atoms with E-state index in [1.807, 2.05) is 29.6 Å². The quantitative estimate of drug-likeness (QED) is 0.135. The number of primary amides is 2. The van der Waals surface area contributed by atoms with Gasteiger partial charge in [0.05, 0.1) is 0 Å². The number of aliphatic carboxylic acids is 1. The van der Waals surface area contributed by atoms with E-state index in [2.05, 4.69) is 16.0 Å². The van der Waals surface area contributed by atoms with E-state index in [4.69, 9.17) is 28.2 Å². The van der Waals surface area contributed by atoms with Crippen molar-refractivity contribution < 1.29 is 38.7 Å². The number of carbonyl (C=O) groups excluding carboxylic acids is 6. The minimum Gasteiger partial charge on any atom is -0.481 e. The van der Waals surface area contributed by atoms with Gasteiger partial charge in [-0.15, -0.1) is 22.9 Å². The van der Waals surface area contributed by atoms with E-state index in [1.54, 1.807) is 0 Å². The number of rotatable bonds is 16. The summed E-state index contributed by atoms with van der Waals surface area (Å²) >= 11 is 7.05. The zero-order chi connectivity index (χ0) is 33.1. The SMILES string of the molecule is NC(=O)CC[C@H](NC(=O)C(Cc1csc2ccccc12)NC(=O)[C@@H]1CCCCN1C(=O)[C@H](CCC(=O)O)NC(=O)CCl)C(N)=O. The second-order valence-electron chi connectivity index (χ2n) is 10.7. The molecule has 1 aromatic carbocycles. The van der Waals surface area contributed by atoms with Gasteiger partial charge in [0, 0.05) is 30.5 Å². The van der Waals surface area contributed by atoms with Crippen molar-refractivity contribution in [3.05, 3.63) is 35.2 Å². The topological polar surface area (TPSA) is 231 Å². The van der Waals surface area contributed by atoms with Gasteiger partial charge in [0.1, 0.15) is 30.0 Å². The maximum absolute atomic E-state index is 13.8. The first-order chi connectivity index (χ1) is 21.4. The number of thiophene rings is 1. The number of benzene rings is 1. The molecule has 1 unspecified atom stereocenters. The summed E-state index contributed by atoms with van der Waals surface area (Å²) in [6, 6.07) is 2.83.